The second kappa shape index (κ2) is 7.25. The Balaban J connectivity index is 1.59. The van der Waals surface area contributed by atoms with E-state index in [4.69, 9.17) is 12.2 Å². The van der Waals surface area contributed by atoms with Crippen molar-refractivity contribution in [1.29, 1.82) is 0 Å². The number of aromatic amines is 1. The Morgan fingerprint density at radius 3 is 2.96 bits per heavy atom. The van der Waals surface area contributed by atoms with E-state index < -0.39 is 0 Å². The summed E-state index contributed by atoms with van der Waals surface area (Å²) in [6.45, 7) is 2.67. The lowest BCUT2D eigenvalue weighted by Crippen LogP contribution is -2.18. The van der Waals surface area contributed by atoms with Crippen molar-refractivity contribution < 1.29 is 0 Å². The summed E-state index contributed by atoms with van der Waals surface area (Å²) < 4.78 is 0.693. The maximum Gasteiger partial charge on any atom is 0.259 e. The van der Waals surface area contributed by atoms with E-state index in [-0.39, 0.29) is 5.56 Å². The van der Waals surface area contributed by atoms with Gasteiger partial charge in [-0.15, -0.1) is 11.3 Å². The molecule has 0 saturated carbocycles. The maximum atomic E-state index is 12.0. The molecule has 0 bridgehead atoms. The summed E-state index contributed by atoms with van der Waals surface area (Å²) in [6.07, 6.45) is 0. The summed E-state index contributed by atoms with van der Waals surface area (Å²) in [7, 11) is 0. The number of thiocarbonyl (C=S) groups is 1. The van der Waals surface area contributed by atoms with Gasteiger partial charge in [0.05, 0.1) is 11.1 Å². The van der Waals surface area contributed by atoms with Crippen LogP contribution in [0.1, 0.15) is 16.3 Å². The smallest absolute Gasteiger partial charge is 0.259 e. The van der Waals surface area contributed by atoms with E-state index in [1.54, 1.807) is 0 Å². The molecule has 23 heavy (non-hydrogen) atoms. The summed E-state index contributed by atoms with van der Waals surface area (Å²) in [5, 5.41) is 3.86. The van der Waals surface area contributed by atoms with E-state index in [1.807, 2.05) is 43.3 Å². The van der Waals surface area contributed by atoms with E-state index in [9.17, 15) is 4.79 Å². The Morgan fingerprint density at radius 2 is 2.17 bits per heavy atom. The van der Waals surface area contributed by atoms with Gasteiger partial charge in [0, 0.05) is 11.4 Å². The first-order valence-electron chi connectivity index (χ1n) is 7.06. The molecule has 0 radical (unpaired) electrons. The van der Waals surface area contributed by atoms with Crippen molar-refractivity contribution >= 4 is 49.9 Å². The quantitative estimate of drug-likeness (QED) is 0.696. The summed E-state index contributed by atoms with van der Waals surface area (Å²) in [6, 6.07) is 12.0. The van der Waals surface area contributed by atoms with Gasteiger partial charge < -0.3 is 10.3 Å². The van der Waals surface area contributed by atoms with Gasteiger partial charge in [-0.05, 0) is 18.6 Å². The van der Waals surface area contributed by atoms with Crippen LogP contribution in [-0.4, -0.2) is 14.3 Å². The van der Waals surface area contributed by atoms with Crippen molar-refractivity contribution in [3.63, 3.8) is 0 Å². The van der Waals surface area contributed by atoms with Gasteiger partial charge in [-0.2, -0.15) is 0 Å². The molecule has 2 N–H and O–H groups in total. The summed E-state index contributed by atoms with van der Waals surface area (Å²) in [4.78, 5) is 21.2. The number of rotatable bonds is 4. The second-order valence-corrected chi connectivity index (χ2v) is 7.89. The molecule has 0 aliphatic carbocycles. The minimum Gasteiger partial charge on any atom is -0.367 e. The van der Waals surface area contributed by atoms with Crippen molar-refractivity contribution in [3.8, 4) is 0 Å². The minimum atomic E-state index is -0.0851. The SMILES string of the molecule is Cc1cc2c(=O)[nH]c(CSC(=S)NCc3ccccc3)nc2s1. The molecule has 0 aliphatic rings. The molecule has 0 atom stereocenters. The Hall–Kier alpha value is -1.70. The van der Waals surface area contributed by atoms with Gasteiger partial charge in [0.15, 0.2) is 0 Å². The Kier molecular flexibility index (Phi) is 5.09. The van der Waals surface area contributed by atoms with Crippen LogP contribution in [0.15, 0.2) is 41.2 Å². The normalized spacial score (nSPS) is 10.8. The third-order valence-electron chi connectivity index (χ3n) is 3.19. The first-order valence-corrected chi connectivity index (χ1v) is 9.27. The van der Waals surface area contributed by atoms with Gasteiger partial charge in [0.1, 0.15) is 15.0 Å². The van der Waals surface area contributed by atoms with E-state index >= 15 is 0 Å². The highest BCUT2D eigenvalue weighted by molar-refractivity contribution is 8.22. The number of thiophene rings is 1. The molecular formula is C16H15N3OS3. The highest BCUT2D eigenvalue weighted by Crippen LogP contribution is 2.20. The van der Waals surface area contributed by atoms with Crippen molar-refractivity contribution in [3.05, 3.63) is 63.0 Å². The van der Waals surface area contributed by atoms with Crippen LogP contribution in [0.3, 0.4) is 0 Å². The zero-order valence-electron chi connectivity index (χ0n) is 12.5. The first kappa shape index (κ1) is 16.2. The predicted octanol–water partition coefficient (Wildman–Crippen LogP) is 3.60. The summed E-state index contributed by atoms with van der Waals surface area (Å²) in [5.74, 6) is 1.20. The first-order chi connectivity index (χ1) is 11.1. The van der Waals surface area contributed by atoms with Gasteiger partial charge in [0.2, 0.25) is 0 Å². The number of benzene rings is 1. The molecule has 1 aromatic carbocycles. The number of aryl methyl sites for hydroxylation is 1. The van der Waals surface area contributed by atoms with Crippen LogP contribution in [-0.2, 0) is 12.3 Å². The van der Waals surface area contributed by atoms with Gasteiger partial charge in [-0.3, -0.25) is 4.79 Å². The standard InChI is InChI=1S/C16H15N3OS3/c1-10-7-12-14(20)18-13(19-15(12)23-10)9-22-16(21)17-8-11-5-3-2-4-6-11/h2-7H,8-9H2,1H3,(H,17,21)(H,18,19,20). The molecule has 0 saturated heterocycles. The van der Waals surface area contributed by atoms with Gasteiger partial charge in [0.25, 0.3) is 5.56 Å². The molecule has 118 valence electrons. The second-order valence-electron chi connectivity index (χ2n) is 5.00. The molecule has 2 aromatic heterocycles. The molecule has 3 rings (SSSR count). The van der Waals surface area contributed by atoms with Crippen molar-refractivity contribution in [2.45, 2.75) is 19.2 Å². The maximum absolute atomic E-state index is 12.0. The fraction of sp³-hybridized carbons (Fsp3) is 0.188. The summed E-state index contributed by atoms with van der Waals surface area (Å²) in [5.41, 5.74) is 1.09. The average molecular weight is 362 g/mol. The third kappa shape index (κ3) is 4.19. The Bertz CT molecular complexity index is 886. The lowest BCUT2D eigenvalue weighted by molar-refractivity contribution is 0.939. The molecule has 0 spiro atoms. The number of nitrogens with zero attached hydrogens (tertiary/aromatic N) is 1. The lowest BCUT2D eigenvalue weighted by Gasteiger charge is -2.07. The number of H-pyrrole nitrogens is 1. The fourth-order valence-corrected chi connectivity index (χ4v) is 3.85. The number of fused-ring (bicyclic) bond motifs is 1. The molecule has 2 heterocycles. The molecule has 0 fully saturated rings. The Labute approximate surface area is 147 Å². The Morgan fingerprint density at radius 1 is 1.39 bits per heavy atom. The number of thioether (sulfide) groups is 1. The fourth-order valence-electron chi connectivity index (χ4n) is 2.12. The van der Waals surface area contributed by atoms with Crippen LogP contribution in [0.5, 0.6) is 0 Å². The molecule has 0 unspecified atom stereocenters. The zero-order chi connectivity index (χ0) is 16.2. The van der Waals surface area contributed by atoms with Crippen LogP contribution in [0.4, 0.5) is 0 Å². The largest absolute Gasteiger partial charge is 0.367 e. The third-order valence-corrected chi connectivity index (χ3v) is 5.46. The number of hydrogen-bond acceptors (Lipinski definition) is 5. The van der Waals surface area contributed by atoms with Crippen LogP contribution in [0.25, 0.3) is 10.2 Å². The van der Waals surface area contributed by atoms with Crippen LogP contribution >= 0.6 is 35.3 Å². The highest BCUT2D eigenvalue weighted by Gasteiger charge is 2.08. The van der Waals surface area contributed by atoms with Crippen LogP contribution < -0.4 is 10.9 Å². The molecule has 0 amide bonds. The van der Waals surface area contributed by atoms with E-state index in [0.29, 0.717) is 27.8 Å². The predicted molar refractivity (Wildman–Crippen MR) is 102 cm³/mol. The topological polar surface area (TPSA) is 57.8 Å². The zero-order valence-corrected chi connectivity index (χ0v) is 14.9. The van der Waals surface area contributed by atoms with Crippen molar-refractivity contribution in [1.82, 2.24) is 15.3 Å². The minimum absolute atomic E-state index is 0.0851. The monoisotopic (exact) mass is 361 g/mol. The van der Waals surface area contributed by atoms with Crippen molar-refractivity contribution in [2.24, 2.45) is 0 Å². The number of nitrogens with one attached hydrogen (secondary N) is 2. The number of aromatic nitrogens is 2. The lowest BCUT2D eigenvalue weighted by atomic mass is 10.2. The van der Waals surface area contributed by atoms with E-state index in [1.165, 1.54) is 28.7 Å². The van der Waals surface area contributed by atoms with Crippen molar-refractivity contribution in [2.75, 3.05) is 0 Å². The average Bonchev–Trinajstić information content (AvgIpc) is 2.93. The van der Waals surface area contributed by atoms with E-state index in [2.05, 4.69) is 15.3 Å². The molecular weight excluding hydrogens is 346 g/mol. The van der Waals surface area contributed by atoms with Crippen LogP contribution in [0.2, 0.25) is 0 Å². The molecule has 3 aromatic rings. The van der Waals surface area contributed by atoms with Gasteiger partial charge in [-0.25, -0.2) is 4.98 Å². The van der Waals surface area contributed by atoms with Gasteiger partial charge in [-0.1, -0.05) is 54.3 Å². The molecule has 4 nitrogen and oxygen atoms in total. The molecule has 0 aliphatic heterocycles. The number of hydrogen-bond donors (Lipinski definition) is 2. The van der Waals surface area contributed by atoms with Gasteiger partial charge >= 0.3 is 0 Å². The van der Waals surface area contributed by atoms with Crippen LogP contribution in [0, 0.1) is 6.92 Å². The summed E-state index contributed by atoms with van der Waals surface area (Å²) >= 11 is 8.32. The van der Waals surface area contributed by atoms with E-state index in [0.717, 1.165) is 9.71 Å². The molecule has 7 heteroatoms. The highest BCUT2D eigenvalue weighted by atomic mass is 32.2.